The zero-order valence-electron chi connectivity index (χ0n) is 14.1. The van der Waals surface area contributed by atoms with Crippen molar-refractivity contribution in [3.8, 4) is 0 Å². The molecule has 2 aromatic carbocycles. The minimum atomic E-state index is -0.0572. The van der Waals surface area contributed by atoms with Crippen LogP contribution in [-0.2, 0) is 11.2 Å². The molecule has 0 aliphatic heterocycles. The van der Waals surface area contributed by atoms with Crippen molar-refractivity contribution in [2.24, 2.45) is 0 Å². The number of likely N-dealkylation sites (N-methyl/N-ethyl adjacent to an activating group) is 1. The number of carbonyl (C=O) groups is 1. The molecule has 0 radical (unpaired) electrons. The summed E-state index contributed by atoms with van der Waals surface area (Å²) in [5.41, 5.74) is 3.17. The van der Waals surface area contributed by atoms with E-state index in [0.29, 0.717) is 16.6 Å². The fourth-order valence-electron chi connectivity index (χ4n) is 2.50. The van der Waals surface area contributed by atoms with Crippen LogP contribution in [0.5, 0.6) is 0 Å². The lowest BCUT2D eigenvalue weighted by atomic mass is 10.0. The Morgan fingerprint density at radius 2 is 1.79 bits per heavy atom. The molecule has 0 saturated heterocycles. The maximum atomic E-state index is 12.2. The third-order valence-electron chi connectivity index (χ3n) is 3.94. The van der Waals surface area contributed by atoms with Gasteiger partial charge in [0.25, 0.3) is 0 Å². The van der Waals surface area contributed by atoms with Gasteiger partial charge in [0.15, 0.2) is 0 Å². The molecule has 0 unspecified atom stereocenters. The van der Waals surface area contributed by atoms with Crippen molar-refractivity contribution in [1.82, 2.24) is 10.2 Å². The first-order valence-corrected chi connectivity index (χ1v) is 8.56. The second kappa shape index (κ2) is 8.52. The molecule has 1 N–H and O–H groups in total. The van der Waals surface area contributed by atoms with Crippen molar-refractivity contribution < 1.29 is 4.79 Å². The van der Waals surface area contributed by atoms with Crippen LogP contribution in [0.3, 0.4) is 0 Å². The predicted octanol–water partition coefficient (Wildman–Crippen LogP) is 4.26. The van der Waals surface area contributed by atoms with Crippen LogP contribution in [0.2, 0.25) is 10.0 Å². The van der Waals surface area contributed by atoms with Gasteiger partial charge in [-0.2, -0.15) is 0 Å². The van der Waals surface area contributed by atoms with Crippen LogP contribution in [-0.4, -0.2) is 31.4 Å². The molecule has 0 heterocycles. The molecule has 1 atom stereocenters. The number of hydrogen-bond donors (Lipinski definition) is 1. The first-order valence-electron chi connectivity index (χ1n) is 7.80. The summed E-state index contributed by atoms with van der Waals surface area (Å²) in [5, 5.41) is 4.08. The Labute approximate surface area is 153 Å². The smallest absolute Gasteiger partial charge is 0.224 e. The Hall–Kier alpha value is -1.55. The predicted molar refractivity (Wildman–Crippen MR) is 101 cm³/mol. The highest BCUT2D eigenvalue weighted by Gasteiger charge is 2.16. The average Bonchev–Trinajstić information content (AvgIpc) is 2.52. The lowest BCUT2D eigenvalue weighted by Gasteiger charge is -2.25. The largest absolute Gasteiger partial charge is 0.354 e. The van der Waals surface area contributed by atoms with E-state index in [2.05, 4.69) is 41.4 Å². The van der Waals surface area contributed by atoms with Crippen LogP contribution in [0.25, 0.3) is 0 Å². The van der Waals surface area contributed by atoms with Crippen LogP contribution in [0.1, 0.15) is 22.7 Å². The van der Waals surface area contributed by atoms with Gasteiger partial charge in [-0.15, -0.1) is 0 Å². The van der Waals surface area contributed by atoms with Gasteiger partial charge in [-0.05, 0) is 44.3 Å². The molecule has 5 heteroatoms. The van der Waals surface area contributed by atoms with E-state index in [1.165, 1.54) is 11.1 Å². The Kier molecular flexibility index (Phi) is 6.67. The number of nitrogens with one attached hydrogen (secondary N) is 1. The fraction of sp³-hybridized carbons (Fsp3) is 0.316. The first-order chi connectivity index (χ1) is 11.4. The molecule has 0 bridgehead atoms. The molecule has 0 saturated carbocycles. The Balaban J connectivity index is 1.98. The standard InChI is InChI=1S/C19H22Cl2N2O/c1-13-4-6-14(7-5-13)18(23(2)3)12-22-19(24)10-15-8-9-16(20)11-17(15)21/h4-9,11,18H,10,12H2,1-3H3,(H,22,24)/t18-/m0/s1. The monoisotopic (exact) mass is 364 g/mol. The van der Waals surface area contributed by atoms with E-state index in [1.807, 2.05) is 14.1 Å². The number of halogens is 2. The lowest BCUT2D eigenvalue weighted by Crippen LogP contribution is -2.35. The molecule has 2 rings (SSSR count). The van der Waals surface area contributed by atoms with Crippen LogP contribution in [0, 0.1) is 6.92 Å². The molecular formula is C19H22Cl2N2O. The van der Waals surface area contributed by atoms with E-state index in [0.717, 1.165) is 5.56 Å². The van der Waals surface area contributed by atoms with Crippen LogP contribution in [0.4, 0.5) is 0 Å². The number of benzene rings is 2. The summed E-state index contributed by atoms with van der Waals surface area (Å²) >= 11 is 12.0. The molecule has 0 aliphatic carbocycles. The van der Waals surface area contributed by atoms with E-state index in [1.54, 1.807) is 18.2 Å². The van der Waals surface area contributed by atoms with Gasteiger partial charge in [0.1, 0.15) is 0 Å². The van der Waals surface area contributed by atoms with Crippen LogP contribution in [0.15, 0.2) is 42.5 Å². The molecule has 0 fully saturated rings. The Morgan fingerprint density at radius 3 is 2.38 bits per heavy atom. The summed E-state index contributed by atoms with van der Waals surface area (Å²) in [5.74, 6) is -0.0572. The SMILES string of the molecule is Cc1ccc([C@H](CNC(=O)Cc2ccc(Cl)cc2Cl)N(C)C)cc1. The number of carbonyl (C=O) groups excluding carboxylic acids is 1. The van der Waals surface area contributed by atoms with Crippen molar-refractivity contribution in [3.63, 3.8) is 0 Å². The van der Waals surface area contributed by atoms with E-state index in [9.17, 15) is 4.79 Å². The fourth-order valence-corrected chi connectivity index (χ4v) is 2.97. The van der Waals surface area contributed by atoms with Crippen molar-refractivity contribution in [2.45, 2.75) is 19.4 Å². The first kappa shape index (κ1) is 18.8. The molecule has 1 amide bonds. The van der Waals surface area contributed by atoms with Crippen molar-refractivity contribution >= 4 is 29.1 Å². The van der Waals surface area contributed by atoms with Gasteiger partial charge < -0.3 is 10.2 Å². The van der Waals surface area contributed by atoms with Crippen LogP contribution >= 0.6 is 23.2 Å². The normalized spacial score (nSPS) is 12.2. The van der Waals surface area contributed by atoms with E-state index in [4.69, 9.17) is 23.2 Å². The molecule has 0 aliphatic rings. The summed E-state index contributed by atoms with van der Waals surface area (Å²) in [6, 6.07) is 13.7. The quantitative estimate of drug-likeness (QED) is 0.830. The Morgan fingerprint density at radius 1 is 1.12 bits per heavy atom. The van der Waals surface area contributed by atoms with E-state index in [-0.39, 0.29) is 18.4 Å². The highest BCUT2D eigenvalue weighted by Crippen LogP contribution is 2.22. The maximum Gasteiger partial charge on any atom is 0.224 e. The minimum absolute atomic E-state index is 0.0572. The number of nitrogens with zero attached hydrogens (tertiary/aromatic N) is 1. The summed E-state index contributed by atoms with van der Waals surface area (Å²) in [6.07, 6.45) is 0.240. The second-order valence-corrected chi connectivity index (χ2v) is 6.95. The van der Waals surface area contributed by atoms with Gasteiger partial charge in [-0.1, -0.05) is 59.1 Å². The highest BCUT2D eigenvalue weighted by molar-refractivity contribution is 6.35. The lowest BCUT2D eigenvalue weighted by molar-refractivity contribution is -0.120. The van der Waals surface area contributed by atoms with Gasteiger partial charge in [0.2, 0.25) is 5.91 Å². The van der Waals surface area contributed by atoms with E-state index >= 15 is 0 Å². The van der Waals surface area contributed by atoms with Crippen LogP contribution < -0.4 is 5.32 Å². The number of aryl methyl sites for hydroxylation is 1. The summed E-state index contributed by atoms with van der Waals surface area (Å²) in [4.78, 5) is 14.3. The maximum absolute atomic E-state index is 12.2. The Bertz CT molecular complexity index is 699. The average molecular weight is 365 g/mol. The third-order valence-corrected chi connectivity index (χ3v) is 4.53. The topological polar surface area (TPSA) is 32.3 Å². The molecule has 128 valence electrons. The summed E-state index contributed by atoms with van der Waals surface area (Å²) < 4.78 is 0. The number of hydrogen-bond acceptors (Lipinski definition) is 2. The molecule has 24 heavy (non-hydrogen) atoms. The summed E-state index contributed by atoms with van der Waals surface area (Å²) in [6.45, 7) is 2.60. The minimum Gasteiger partial charge on any atom is -0.354 e. The van der Waals surface area contributed by atoms with Gasteiger partial charge >= 0.3 is 0 Å². The van der Waals surface area contributed by atoms with Gasteiger partial charge in [0.05, 0.1) is 12.5 Å². The number of rotatable bonds is 6. The van der Waals surface area contributed by atoms with E-state index < -0.39 is 0 Å². The zero-order chi connectivity index (χ0) is 17.7. The second-order valence-electron chi connectivity index (χ2n) is 6.11. The molecule has 0 aromatic heterocycles. The molecule has 3 nitrogen and oxygen atoms in total. The molecular weight excluding hydrogens is 343 g/mol. The highest BCUT2D eigenvalue weighted by atomic mass is 35.5. The third kappa shape index (κ3) is 5.23. The van der Waals surface area contributed by atoms with Crippen molar-refractivity contribution in [3.05, 3.63) is 69.2 Å². The zero-order valence-corrected chi connectivity index (χ0v) is 15.7. The van der Waals surface area contributed by atoms with Crippen molar-refractivity contribution in [2.75, 3.05) is 20.6 Å². The summed E-state index contributed by atoms with van der Waals surface area (Å²) in [7, 11) is 4.01. The molecule has 0 spiro atoms. The van der Waals surface area contributed by atoms with Gasteiger partial charge in [-0.3, -0.25) is 4.79 Å². The molecule has 2 aromatic rings. The van der Waals surface area contributed by atoms with Gasteiger partial charge in [0, 0.05) is 16.6 Å². The number of amides is 1. The van der Waals surface area contributed by atoms with Gasteiger partial charge in [-0.25, -0.2) is 0 Å². The van der Waals surface area contributed by atoms with Crippen molar-refractivity contribution in [1.29, 1.82) is 0 Å².